The highest BCUT2D eigenvalue weighted by molar-refractivity contribution is 6.40. The van der Waals surface area contributed by atoms with Crippen molar-refractivity contribution in [2.75, 3.05) is 4.90 Å². The van der Waals surface area contributed by atoms with Crippen LogP contribution in [0.4, 0.5) is 5.69 Å². The van der Waals surface area contributed by atoms with Crippen molar-refractivity contribution in [2.45, 2.75) is 18.7 Å². The van der Waals surface area contributed by atoms with Gasteiger partial charge in [-0.3, -0.25) is 14.4 Å². The van der Waals surface area contributed by atoms with Gasteiger partial charge in [-0.1, -0.05) is 0 Å². The van der Waals surface area contributed by atoms with Crippen LogP contribution in [0.3, 0.4) is 0 Å². The van der Waals surface area contributed by atoms with Crippen LogP contribution in [0.2, 0.25) is 0 Å². The van der Waals surface area contributed by atoms with E-state index >= 15 is 0 Å². The average Bonchev–Trinajstić information content (AvgIpc) is 2.54. The van der Waals surface area contributed by atoms with Crippen molar-refractivity contribution in [1.29, 1.82) is 0 Å². The van der Waals surface area contributed by atoms with Gasteiger partial charge in [0.1, 0.15) is 11.1 Å². The number of amides is 2. The van der Waals surface area contributed by atoms with Crippen LogP contribution >= 0.6 is 11.6 Å². The summed E-state index contributed by atoms with van der Waals surface area (Å²) in [5, 5.41) is -0.800. The normalized spacial score (nSPS) is 19.2. The molecule has 0 N–H and O–H groups in total. The first-order valence-electron chi connectivity index (χ1n) is 5.28. The second-order valence-electron chi connectivity index (χ2n) is 3.83. The van der Waals surface area contributed by atoms with E-state index in [2.05, 4.69) is 0 Å². The molecule has 0 radical (unpaired) electrons. The zero-order chi connectivity index (χ0) is 13.3. The summed E-state index contributed by atoms with van der Waals surface area (Å²) in [6.45, 7) is 1.29. The monoisotopic (exact) mass is 267 g/mol. The Bertz CT molecular complexity index is 511. The molecule has 0 bridgehead atoms. The molecule has 6 heteroatoms. The Hall–Kier alpha value is -1.88. The number of imide groups is 1. The van der Waals surface area contributed by atoms with Gasteiger partial charge in [-0.2, -0.15) is 0 Å². The van der Waals surface area contributed by atoms with Gasteiger partial charge in [-0.15, -0.1) is 11.6 Å². The molecular weight excluding hydrogens is 258 g/mol. The molecule has 1 aromatic rings. The maximum absolute atomic E-state index is 11.7. The molecule has 2 amide bonds. The van der Waals surface area contributed by atoms with Gasteiger partial charge < -0.3 is 4.74 Å². The molecule has 0 saturated carbocycles. The summed E-state index contributed by atoms with van der Waals surface area (Å²) in [5.41, 5.74) is 0.420. The lowest BCUT2D eigenvalue weighted by Crippen LogP contribution is -2.30. The minimum atomic E-state index is -0.800. The molecule has 1 aliphatic rings. The van der Waals surface area contributed by atoms with Crippen molar-refractivity contribution in [3.63, 3.8) is 0 Å². The predicted molar refractivity (Wildman–Crippen MR) is 64.5 cm³/mol. The highest BCUT2D eigenvalue weighted by atomic mass is 35.5. The van der Waals surface area contributed by atoms with Crippen LogP contribution in [0.1, 0.15) is 13.3 Å². The first-order chi connectivity index (χ1) is 8.49. The first kappa shape index (κ1) is 12.6. The molecule has 94 valence electrons. The molecule has 1 aliphatic heterocycles. The molecule has 1 heterocycles. The Labute approximate surface area is 108 Å². The highest BCUT2D eigenvalue weighted by Gasteiger charge is 2.38. The van der Waals surface area contributed by atoms with Crippen LogP contribution in [-0.4, -0.2) is 23.2 Å². The molecule has 1 saturated heterocycles. The molecule has 2 rings (SSSR count). The van der Waals surface area contributed by atoms with Gasteiger partial charge in [-0.25, -0.2) is 4.90 Å². The number of carbonyl (C=O) groups excluding carboxylic acids is 3. The lowest BCUT2D eigenvalue weighted by molar-refractivity contribution is -0.132. The lowest BCUT2D eigenvalue weighted by atomic mass is 10.3. The van der Waals surface area contributed by atoms with E-state index in [1.807, 2.05) is 0 Å². The number of benzene rings is 1. The average molecular weight is 268 g/mol. The van der Waals surface area contributed by atoms with Crippen LogP contribution in [0.25, 0.3) is 0 Å². The van der Waals surface area contributed by atoms with Crippen LogP contribution in [-0.2, 0) is 14.4 Å². The van der Waals surface area contributed by atoms with E-state index in [-0.39, 0.29) is 12.3 Å². The summed E-state index contributed by atoms with van der Waals surface area (Å²) in [6.07, 6.45) is 0.00604. The third-order valence-corrected chi connectivity index (χ3v) is 2.79. The summed E-state index contributed by atoms with van der Waals surface area (Å²) in [4.78, 5) is 35.0. The van der Waals surface area contributed by atoms with Crippen molar-refractivity contribution < 1.29 is 19.1 Å². The number of hydrogen-bond acceptors (Lipinski definition) is 4. The zero-order valence-electron chi connectivity index (χ0n) is 9.55. The maximum atomic E-state index is 11.7. The summed E-state index contributed by atoms with van der Waals surface area (Å²) >= 11 is 5.72. The molecule has 1 atom stereocenters. The second kappa shape index (κ2) is 4.78. The van der Waals surface area contributed by atoms with Crippen molar-refractivity contribution in [3.05, 3.63) is 24.3 Å². The van der Waals surface area contributed by atoms with E-state index in [1.54, 1.807) is 0 Å². The standard InChI is InChI=1S/C12H10ClNO4/c1-7(15)18-9-4-2-8(3-5-9)14-11(16)6-10(13)12(14)17/h2-5,10H,6H2,1H3/t10-/m1/s1. The molecule has 1 aromatic carbocycles. The van der Waals surface area contributed by atoms with Gasteiger partial charge >= 0.3 is 5.97 Å². The second-order valence-corrected chi connectivity index (χ2v) is 4.35. The highest BCUT2D eigenvalue weighted by Crippen LogP contribution is 2.27. The summed E-state index contributed by atoms with van der Waals surface area (Å²) in [5.74, 6) is -0.841. The van der Waals surface area contributed by atoms with Crippen molar-refractivity contribution >= 4 is 35.1 Å². The molecular formula is C12H10ClNO4. The third-order valence-electron chi connectivity index (χ3n) is 2.45. The number of carbonyl (C=O) groups is 3. The Morgan fingerprint density at radius 3 is 2.39 bits per heavy atom. The SMILES string of the molecule is CC(=O)Oc1ccc(N2C(=O)C[C@@H](Cl)C2=O)cc1. The van der Waals surface area contributed by atoms with Gasteiger partial charge in [0.2, 0.25) is 5.91 Å². The maximum Gasteiger partial charge on any atom is 0.308 e. The fraction of sp³-hybridized carbons (Fsp3) is 0.250. The van der Waals surface area contributed by atoms with E-state index in [1.165, 1.54) is 31.2 Å². The predicted octanol–water partition coefficient (Wildman–Crippen LogP) is 1.48. The van der Waals surface area contributed by atoms with Gasteiger partial charge in [0.15, 0.2) is 0 Å². The number of nitrogens with zero attached hydrogens (tertiary/aromatic N) is 1. The molecule has 0 aliphatic carbocycles. The van der Waals surface area contributed by atoms with Crippen molar-refractivity contribution in [3.8, 4) is 5.75 Å². The largest absolute Gasteiger partial charge is 0.427 e. The minimum Gasteiger partial charge on any atom is -0.427 e. The van der Waals surface area contributed by atoms with Crippen LogP contribution in [0.5, 0.6) is 5.75 Å². The summed E-state index contributed by atoms with van der Waals surface area (Å²) < 4.78 is 4.85. The number of ether oxygens (including phenoxy) is 1. The van der Waals surface area contributed by atoms with Crippen LogP contribution in [0.15, 0.2) is 24.3 Å². The number of halogens is 1. The quantitative estimate of drug-likeness (QED) is 0.352. The Balaban J connectivity index is 2.22. The smallest absolute Gasteiger partial charge is 0.308 e. The van der Waals surface area contributed by atoms with Crippen LogP contribution < -0.4 is 9.64 Å². The fourth-order valence-electron chi connectivity index (χ4n) is 1.70. The van der Waals surface area contributed by atoms with E-state index < -0.39 is 17.3 Å². The first-order valence-corrected chi connectivity index (χ1v) is 5.72. The topological polar surface area (TPSA) is 63.7 Å². The van der Waals surface area contributed by atoms with Gasteiger partial charge in [0, 0.05) is 6.92 Å². The van der Waals surface area contributed by atoms with Gasteiger partial charge in [0.25, 0.3) is 5.91 Å². The number of esters is 1. The van der Waals surface area contributed by atoms with Crippen molar-refractivity contribution in [2.24, 2.45) is 0 Å². The zero-order valence-corrected chi connectivity index (χ0v) is 10.3. The summed E-state index contributed by atoms with van der Waals surface area (Å²) in [7, 11) is 0. The molecule has 18 heavy (non-hydrogen) atoms. The minimum absolute atomic E-state index is 0.00604. The van der Waals surface area contributed by atoms with E-state index in [0.717, 1.165) is 4.90 Å². The van der Waals surface area contributed by atoms with E-state index in [0.29, 0.717) is 11.4 Å². The summed E-state index contributed by atoms with van der Waals surface area (Å²) in [6, 6.07) is 6.09. The fourth-order valence-corrected chi connectivity index (χ4v) is 1.92. The number of anilines is 1. The Kier molecular flexibility index (Phi) is 3.34. The van der Waals surface area contributed by atoms with Crippen LogP contribution in [0, 0.1) is 0 Å². The lowest BCUT2D eigenvalue weighted by Gasteiger charge is -2.14. The van der Waals surface area contributed by atoms with E-state index in [9.17, 15) is 14.4 Å². The number of hydrogen-bond donors (Lipinski definition) is 0. The molecule has 5 nitrogen and oxygen atoms in total. The third kappa shape index (κ3) is 2.36. The Morgan fingerprint density at radius 1 is 1.33 bits per heavy atom. The van der Waals surface area contributed by atoms with Gasteiger partial charge in [-0.05, 0) is 24.3 Å². The van der Waals surface area contributed by atoms with Gasteiger partial charge in [0.05, 0.1) is 12.1 Å². The molecule has 0 aromatic heterocycles. The number of rotatable bonds is 2. The number of alkyl halides is 1. The molecule has 1 fully saturated rings. The molecule has 0 unspecified atom stereocenters. The van der Waals surface area contributed by atoms with E-state index in [4.69, 9.17) is 16.3 Å². The Morgan fingerprint density at radius 2 is 1.94 bits per heavy atom. The van der Waals surface area contributed by atoms with Crippen molar-refractivity contribution in [1.82, 2.24) is 0 Å². The molecule has 0 spiro atoms.